The number of aliphatic hydroxyl groups excluding tert-OH is 1. The third kappa shape index (κ3) is 2.19. The van der Waals surface area contributed by atoms with Gasteiger partial charge in [0.1, 0.15) is 0 Å². The second-order valence-electron chi connectivity index (χ2n) is 3.74. The molecule has 1 rings (SSSR count). The smallest absolute Gasteiger partial charge is 0.0601 e. The van der Waals surface area contributed by atoms with Crippen LogP contribution in [0.5, 0.6) is 0 Å². The molecule has 1 saturated carbocycles. The van der Waals surface area contributed by atoms with Gasteiger partial charge in [0.05, 0.1) is 6.61 Å². The highest BCUT2D eigenvalue weighted by Crippen LogP contribution is 2.33. The quantitative estimate of drug-likeness (QED) is 0.615. The molecule has 1 fully saturated rings. The Bertz CT molecular complexity index is 136. The van der Waals surface area contributed by atoms with Crippen LogP contribution in [0.1, 0.15) is 19.8 Å². The summed E-state index contributed by atoms with van der Waals surface area (Å²) in [6.07, 6.45) is 2.49. The van der Waals surface area contributed by atoms with Gasteiger partial charge < -0.3 is 10.8 Å². The number of nitrogens with zero attached hydrogens (tertiary/aromatic N) is 1. The minimum atomic E-state index is 0.155. The third-order valence-corrected chi connectivity index (χ3v) is 2.86. The lowest BCUT2D eigenvalue weighted by Gasteiger charge is -2.30. The van der Waals surface area contributed by atoms with E-state index in [9.17, 15) is 0 Å². The number of rotatable bonds is 5. The zero-order chi connectivity index (χ0) is 9.14. The van der Waals surface area contributed by atoms with Crippen molar-refractivity contribution >= 4 is 0 Å². The van der Waals surface area contributed by atoms with Gasteiger partial charge in [0.25, 0.3) is 0 Å². The highest BCUT2D eigenvalue weighted by Gasteiger charge is 2.34. The minimum absolute atomic E-state index is 0.155. The van der Waals surface area contributed by atoms with E-state index in [1.165, 1.54) is 12.8 Å². The lowest BCUT2D eigenvalue weighted by atomic mass is 10.0. The number of hydrogen-bond donors (Lipinski definition) is 2. The Labute approximate surface area is 74.5 Å². The van der Waals surface area contributed by atoms with E-state index in [0.717, 1.165) is 6.54 Å². The van der Waals surface area contributed by atoms with E-state index in [-0.39, 0.29) is 18.7 Å². The molecule has 0 heterocycles. The van der Waals surface area contributed by atoms with Crippen molar-refractivity contribution in [3.8, 4) is 0 Å². The molecule has 2 atom stereocenters. The number of aliphatic hydroxyl groups is 1. The predicted molar refractivity (Wildman–Crippen MR) is 49.9 cm³/mol. The Morgan fingerprint density at radius 1 is 1.58 bits per heavy atom. The molecule has 0 saturated heterocycles. The predicted octanol–water partition coefficient (Wildman–Crippen LogP) is 0.0363. The molecule has 0 radical (unpaired) electrons. The van der Waals surface area contributed by atoms with Gasteiger partial charge in [0, 0.05) is 12.1 Å². The lowest BCUT2D eigenvalue weighted by Crippen LogP contribution is -2.49. The van der Waals surface area contributed by atoms with E-state index < -0.39 is 0 Å². The SMILES string of the molecule is CCN(C)C(CO)C(N)C1CC1. The molecule has 72 valence electrons. The molecule has 0 bridgehead atoms. The molecule has 1 aliphatic carbocycles. The molecule has 1 aliphatic rings. The molecule has 2 unspecified atom stereocenters. The van der Waals surface area contributed by atoms with Crippen LogP contribution in [0.4, 0.5) is 0 Å². The summed E-state index contributed by atoms with van der Waals surface area (Å²) in [5, 5.41) is 9.15. The maximum atomic E-state index is 9.15. The summed E-state index contributed by atoms with van der Waals surface area (Å²) >= 11 is 0. The van der Waals surface area contributed by atoms with Crippen molar-refractivity contribution in [3.05, 3.63) is 0 Å². The van der Waals surface area contributed by atoms with Crippen LogP contribution in [0, 0.1) is 5.92 Å². The van der Waals surface area contributed by atoms with Crippen molar-refractivity contribution in [1.29, 1.82) is 0 Å². The first-order valence-corrected chi connectivity index (χ1v) is 4.77. The van der Waals surface area contributed by atoms with E-state index >= 15 is 0 Å². The van der Waals surface area contributed by atoms with Crippen molar-refractivity contribution in [2.24, 2.45) is 11.7 Å². The van der Waals surface area contributed by atoms with Gasteiger partial charge in [-0.2, -0.15) is 0 Å². The second kappa shape index (κ2) is 4.21. The van der Waals surface area contributed by atoms with Crippen molar-refractivity contribution in [1.82, 2.24) is 4.90 Å². The maximum Gasteiger partial charge on any atom is 0.0601 e. The van der Waals surface area contributed by atoms with Crippen LogP contribution in [0.3, 0.4) is 0 Å². The molecular weight excluding hydrogens is 152 g/mol. The molecule has 0 amide bonds. The summed E-state index contributed by atoms with van der Waals surface area (Å²) in [6, 6.07) is 0.322. The second-order valence-corrected chi connectivity index (χ2v) is 3.74. The molecule has 0 aromatic carbocycles. The Balaban J connectivity index is 2.41. The monoisotopic (exact) mass is 172 g/mol. The summed E-state index contributed by atoms with van der Waals surface area (Å²) in [4.78, 5) is 2.13. The standard InChI is InChI=1S/C9H20N2O/c1-3-11(2)8(6-12)9(10)7-4-5-7/h7-9,12H,3-6,10H2,1-2H3. The van der Waals surface area contributed by atoms with E-state index in [1.54, 1.807) is 0 Å². The average molecular weight is 172 g/mol. The summed E-state index contributed by atoms with van der Waals surface area (Å²) < 4.78 is 0. The molecule has 3 nitrogen and oxygen atoms in total. The highest BCUT2D eigenvalue weighted by molar-refractivity contribution is 4.92. The van der Waals surface area contributed by atoms with E-state index in [0.29, 0.717) is 5.92 Å². The van der Waals surface area contributed by atoms with Crippen LogP contribution >= 0.6 is 0 Å². The fourth-order valence-electron chi connectivity index (χ4n) is 1.58. The zero-order valence-electron chi connectivity index (χ0n) is 8.03. The lowest BCUT2D eigenvalue weighted by molar-refractivity contribution is 0.125. The van der Waals surface area contributed by atoms with Gasteiger partial charge in [-0.25, -0.2) is 0 Å². The van der Waals surface area contributed by atoms with Crippen molar-refractivity contribution in [2.75, 3.05) is 20.2 Å². The van der Waals surface area contributed by atoms with Crippen LogP contribution in [-0.4, -0.2) is 42.3 Å². The van der Waals surface area contributed by atoms with Gasteiger partial charge in [-0.15, -0.1) is 0 Å². The van der Waals surface area contributed by atoms with Crippen molar-refractivity contribution < 1.29 is 5.11 Å². The first-order chi connectivity index (χ1) is 5.70. The zero-order valence-corrected chi connectivity index (χ0v) is 8.03. The molecule has 3 N–H and O–H groups in total. The average Bonchev–Trinajstić information content (AvgIpc) is 2.87. The Hall–Kier alpha value is -0.120. The first-order valence-electron chi connectivity index (χ1n) is 4.77. The Kier molecular flexibility index (Phi) is 3.50. The molecular formula is C9H20N2O. The van der Waals surface area contributed by atoms with Gasteiger partial charge in [0.15, 0.2) is 0 Å². The summed E-state index contributed by atoms with van der Waals surface area (Å²) in [5.74, 6) is 0.663. The largest absolute Gasteiger partial charge is 0.395 e. The van der Waals surface area contributed by atoms with Gasteiger partial charge in [-0.05, 0) is 32.4 Å². The Morgan fingerprint density at radius 3 is 2.50 bits per heavy atom. The fraction of sp³-hybridized carbons (Fsp3) is 1.00. The highest BCUT2D eigenvalue weighted by atomic mass is 16.3. The normalized spacial score (nSPS) is 22.8. The fourth-order valence-corrected chi connectivity index (χ4v) is 1.58. The van der Waals surface area contributed by atoms with E-state index in [2.05, 4.69) is 11.8 Å². The summed E-state index contributed by atoms with van der Waals surface area (Å²) in [5.41, 5.74) is 6.01. The van der Waals surface area contributed by atoms with Crippen LogP contribution in [0.15, 0.2) is 0 Å². The number of likely N-dealkylation sites (N-methyl/N-ethyl adjacent to an activating group) is 1. The van der Waals surface area contributed by atoms with Crippen LogP contribution in [-0.2, 0) is 0 Å². The minimum Gasteiger partial charge on any atom is -0.395 e. The molecule has 12 heavy (non-hydrogen) atoms. The molecule has 0 aromatic heterocycles. The van der Waals surface area contributed by atoms with E-state index in [1.807, 2.05) is 7.05 Å². The topological polar surface area (TPSA) is 49.5 Å². The van der Waals surface area contributed by atoms with E-state index in [4.69, 9.17) is 10.8 Å². The van der Waals surface area contributed by atoms with Gasteiger partial charge in [0.2, 0.25) is 0 Å². The summed E-state index contributed by atoms with van der Waals surface area (Å²) in [7, 11) is 2.02. The van der Waals surface area contributed by atoms with Crippen LogP contribution < -0.4 is 5.73 Å². The molecule has 0 aliphatic heterocycles. The first kappa shape index (κ1) is 9.96. The van der Waals surface area contributed by atoms with Gasteiger partial charge >= 0.3 is 0 Å². The molecule has 0 aromatic rings. The molecule has 3 heteroatoms. The third-order valence-electron chi connectivity index (χ3n) is 2.86. The van der Waals surface area contributed by atoms with Crippen LogP contribution in [0.25, 0.3) is 0 Å². The Morgan fingerprint density at radius 2 is 2.17 bits per heavy atom. The van der Waals surface area contributed by atoms with Crippen LogP contribution in [0.2, 0.25) is 0 Å². The van der Waals surface area contributed by atoms with Gasteiger partial charge in [-0.1, -0.05) is 6.92 Å². The van der Waals surface area contributed by atoms with Gasteiger partial charge in [-0.3, -0.25) is 4.90 Å². The maximum absolute atomic E-state index is 9.15. The molecule has 0 spiro atoms. The summed E-state index contributed by atoms with van der Waals surface area (Å²) in [6.45, 7) is 3.22. The number of hydrogen-bond acceptors (Lipinski definition) is 3. The number of nitrogens with two attached hydrogens (primary N) is 1. The van der Waals surface area contributed by atoms with Crippen molar-refractivity contribution in [2.45, 2.75) is 31.8 Å². The van der Waals surface area contributed by atoms with Crippen molar-refractivity contribution in [3.63, 3.8) is 0 Å².